The standard InChI is InChI=1S/C11H14N2S/c1-12(2)11(14)13-8-7-9-5-3-4-6-10(9)13/h3-6H,7-8H2,1-2H3. The van der Waals surface area contributed by atoms with E-state index < -0.39 is 0 Å². The predicted octanol–water partition coefficient (Wildman–Crippen LogP) is 1.90. The molecule has 3 heteroatoms. The lowest BCUT2D eigenvalue weighted by molar-refractivity contribution is 0.619. The molecule has 2 nitrogen and oxygen atoms in total. The minimum atomic E-state index is 0.898. The Bertz CT molecular complexity index is 360. The number of para-hydroxylation sites is 1. The summed E-state index contributed by atoms with van der Waals surface area (Å²) in [6.45, 7) is 1.01. The molecule has 0 unspecified atom stereocenters. The van der Waals surface area contributed by atoms with E-state index in [9.17, 15) is 0 Å². The minimum absolute atomic E-state index is 0.898. The van der Waals surface area contributed by atoms with E-state index in [1.807, 2.05) is 19.0 Å². The number of nitrogens with zero attached hydrogens (tertiary/aromatic N) is 2. The average molecular weight is 206 g/mol. The summed E-state index contributed by atoms with van der Waals surface area (Å²) < 4.78 is 0. The van der Waals surface area contributed by atoms with Gasteiger partial charge in [0.15, 0.2) is 5.11 Å². The fourth-order valence-electron chi connectivity index (χ4n) is 1.78. The van der Waals surface area contributed by atoms with Crippen LogP contribution >= 0.6 is 12.2 Å². The molecule has 74 valence electrons. The van der Waals surface area contributed by atoms with Crippen LogP contribution in [-0.2, 0) is 6.42 Å². The summed E-state index contributed by atoms with van der Waals surface area (Å²) in [7, 11) is 3.98. The maximum atomic E-state index is 5.37. The van der Waals surface area contributed by atoms with Crippen LogP contribution in [0, 0.1) is 0 Å². The van der Waals surface area contributed by atoms with Crippen molar-refractivity contribution in [2.45, 2.75) is 6.42 Å². The van der Waals surface area contributed by atoms with Crippen LogP contribution in [0.5, 0.6) is 0 Å². The molecule has 0 aromatic heterocycles. The van der Waals surface area contributed by atoms with Gasteiger partial charge in [0.1, 0.15) is 0 Å². The lowest BCUT2D eigenvalue weighted by atomic mass is 10.2. The molecule has 0 bridgehead atoms. The van der Waals surface area contributed by atoms with E-state index in [1.54, 1.807) is 0 Å². The first-order chi connectivity index (χ1) is 6.70. The summed E-state index contributed by atoms with van der Waals surface area (Å²) in [6.07, 6.45) is 1.10. The van der Waals surface area contributed by atoms with Crippen molar-refractivity contribution in [2.24, 2.45) is 0 Å². The molecule has 0 fully saturated rings. The van der Waals surface area contributed by atoms with E-state index in [1.165, 1.54) is 11.3 Å². The molecule has 2 rings (SSSR count). The average Bonchev–Trinajstić information content (AvgIpc) is 2.60. The van der Waals surface area contributed by atoms with Crippen molar-refractivity contribution in [2.75, 3.05) is 25.5 Å². The molecule has 0 saturated carbocycles. The second kappa shape index (κ2) is 3.58. The summed E-state index contributed by atoms with van der Waals surface area (Å²) in [5, 5.41) is 0.898. The summed E-state index contributed by atoms with van der Waals surface area (Å²) >= 11 is 5.37. The van der Waals surface area contributed by atoms with Crippen LogP contribution in [0.3, 0.4) is 0 Å². The molecular formula is C11H14N2S. The van der Waals surface area contributed by atoms with Crippen molar-refractivity contribution in [1.29, 1.82) is 0 Å². The van der Waals surface area contributed by atoms with Crippen LogP contribution in [0.15, 0.2) is 24.3 Å². The second-order valence-electron chi connectivity index (χ2n) is 3.71. The minimum Gasteiger partial charge on any atom is -0.355 e. The maximum absolute atomic E-state index is 5.37. The monoisotopic (exact) mass is 206 g/mol. The Kier molecular flexibility index (Phi) is 2.42. The lowest BCUT2D eigenvalue weighted by Crippen LogP contribution is -2.37. The summed E-state index contributed by atoms with van der Waals surface area (Å²) in [5.41, 5.74) is 2.67. The van der Waals surface area contributed by atoms with Crippen LogP contribution in [0.2, 0.25) is 0 Å². The van der Waals surface area contributed by atoms with Crippen LogP contribution in [0.25, 0.3) is 0 Å². The van der Waals surface area contributed by atoms with Gasteiger partial charge in [0, 0.05) is 26.3 Å². The Morgan fingerprint density at radius 3 is 2.79 bits per heavy atom. The third-order valence-electron chi connectivity index (χ3n) is 2.50. The van der Waals surface area contributed by atoms with E-state index in [4.69, 9.17) is 12.2 Å². The quantitative estimate of drug-likeness (QED) is 0.599. The Hall–Kier alpha value is -1.09. The van der Waals surface area contributed by atoms with Gasteiger partial charge in [-0.3, -0.25) is 0 Å². The van der Waals surface area contributed by atoms with Crippen LogP contribution in [0.4, 0.5) is 5.69 Å². The topological polar surface area (TPSA) is 6.48 Å². The number of benzene rings is 1. The van der Waals surface area contributed by atoms with Gasteiger partial charge in [0.05, 0.1) is 0 Å². The van der Waals surface area contributed by atoms with Gasteiger partial charge in [-0.05, 0) is 30.3 Å². The molecule has 0 amide bonds. The van der Waals surface area contributed by atoms with Crippen molar-refractivity contribution in [3.8, 4) is 0 Å². The van der Waals surface area contributed by atoms with Crippen molar-refractivity contribution < 1.29 is 0 Å². The van der Waals surface area contributed by atoms with Gasteiger partial charge < -0.3 is 9.80 Å². The lowest BCUT2D eigenvalue weighted by Gasteiger charge is -2.25. The van der Waals surface area contributed by atoms with Gasteiger partial charge in [0.2, 0.25) is 0 Å². The molecular weight excluding hydrogens is 192 g/mol. The highest BCUT2D eigenvalue weighted by Crippen LogP contribution is 2.27. The highest BCUT2D eigenvalue weighted by atomic mass is 32.1. The molecule has 0 radical (unpaired) electrons. The zero-order chi connectivity index (χ0) is 10.1. The fourth-order valence-corrected chi connectivity index (χ4v) is 1.97. The number of anilines is 1. The van der Waals surface area contributed by atoms with Crippen LogP contribution in [-0.4, -0.2) is 30.7 Å². The zero-order valence-corrected chi connectivity index (χ0v) is 9.34. The van der Waals surface area contributed by atoms with Gasteiger partial charge in [-0.15, -0.1) is 0 Å². The Labute approximate surface area is 90.1 Å². The SMILES string of the molecule is CN(C)C(=S)N1CCc2ccccc21. The Balaban J connectivity index is 2.30. The Morgan fingerprint density at radius 2 is 2.07 bits per heavy atom. The summed E-state index contributed by atoms with van der Waals surface area (Å²) in [5.74, 6) is 0. The first kappa shape index (κ1) is 9.46. The largest absolute Gasteiger partial charge is 0.355 e. The molecule has 0 spiro atoms. The van der Waals surface area contributed by atoms with Crippen molar-refractivity contribution in [3.05, 3.63) is 29.8 Å². The number of rotatable bonds is 0. The van der Waals surface area contributed by atoms with Crippen LogP contribution < -0.4 is 4.90 Å². The van der Waals surface area contributed by atoms with Crippen LogP contribution in [0.1, 0.15) is 5.56 Å². The highest BCUT2D eigenvalue weighted by Gasteiger charge is 2.22. The molecule has 0 saturated heterocycles. The van der Waals surface area contributed by atoms with Gasteiger partial charge in [-0.2, -0.15) is 0 Å². The fraction of sp³-hybridized carbons (Fsp3) is 0.364. The molecule has 14 heavy (non-hydrogen) atoms. The van der Waals surface area contributed by atoms with Crippen molar-refractivity contribution in [3.63, 3.8) is 0 Å². The van der Waals surface area contributed by atoms with Gasteiger partial charge >= 0.3 is 0 Å². The smallest absolute Gasteiger partial charge is 0.175 e. The second-order valence-corrected chi connectivity index (χ2v) is 4.07. The van der Waals surface area contributed by atoms with Gasteiger partial charge in [0.25, 0.3) is 0 Å². The third-order valence-corrected chi connectivity index (χ3v) is 3.09. The number of fused-ring (bicyclic) bond motifs is 1. The molecule has 0 atom stereocenters. The highest BCUT2D eigenvalue weighted by molar-refractivity contribution is 7.80. The molecule has 0 N–H and O–H groups in total. The molecule has 1 aromatic rings. The Morgan fingerprint density at radius 1 is 1.36 bits per heavy atom. The molecule has 1 aliphatic rings. The first-order valence-corrected chi connectivity index (χ1v) is 5.17. The molecule has 1 aliphatic heterocycles. The van der Waals surface area contributed by atoms with Crippen molar-refractivity contribution >= 4 is 23.0 Å². The van der Waals surface area contributed by atoms with E-state index >= 15 is 0 Å². The third kappa shape index (κ3) is 1.48. The molecule has 1 heterocycles. The number of hydrogen-bond donors (Lipinski definition) is 0. The zero-order valence-electron chi connectivity index (χ0n) is 8.53. The molecule has 0 aliphatic carbocycles. The van der Waals surface area contributed by atoms with Gasteiger partial charge in [-0.25, -0.2) is 0 Å². The summed E-state index contributed by atoms with van der Waals surface area (Å²) in [6, 6.07) is 8.46. The first-order valence-electron chi connectivity index (χ1n) is 4.77. The maximum Gasteiger partial charge on any atom is 0.175 e. The number of hydrogen-bond acceptors (Lipinski definition) is 1. The molecule has 1 aromatic carbocycles. The van der Waals surface area contributed by atoms with E-state index in [2.05, 4.69) is 29.2 Å². The van der Waals surface area contributed by atoms with Gasteiger partial charge in [-0.1, -0.05) is 18.2 Å². The number of thiocarbonyl (C=S) groups is 1. The van der Waals surface area contributed by atoms with E-state index in [0.29, 0.717) is 0 Å². The van der Waals surface area contributed by atoms with E-state index in [-0.39, 0.29) is 0 Å². The normalized spacial score (nSPS) is 14.0. The van der Waals surface area contributed by atoms with E-state index in [0.717, 1.165) is 18.1 Å². The van der Waals surface area contributed by atoms with Crippen molar-refractivity contribution in [1.82, 2.24) is 4.90 Å². The summed E-state index contributed by atoms with van der Waals surface area (Å²) in [4.78, 5) is 4.18. The predicted molar refractivity (Wildman–Crippen MR) is 63.8 cm³/mol.